The Bertz CT molecular complexity index is 961. The number of fused-ring (bicyclic) bond motifs is 1. The lowest BCUT2D eigenvalue weighted by atomic mass is 10.0. The molecule has 8 heteroatoms. The molecule has 0 N–H and O–H groups in total. The third-order valence-electron chi connectivity index (χ3n) is 3.55. The molecule has 2 aromatic heterocycles. The van der Waals surface area contributed by atoms with E-state index in [4.69, 9.17) is 4.42 Å². The second-order valence-corrected chi connectivity index (χ2v) is 5.09. The van der Waals surface area contributed by atoms with Crippen LogP contribution in [0.3, 0.4) is 0 Å². The van der Waals surface area contributed by atoms with Gasteiger partial charge < -0.3 is 4.42 Å². The summed E-state index contributed by atoms with van der Waals surface area (Å²) in [7, 11) is 0. The molecule has 0 radical (unpaired) electrons. The molecular formula is C15H11N3O5. The van der Waals surface area contributed by atoms with Crippen molar-refractivity contribution in [1.82, 2.24) is 4.98 Å². The molecule has 0 atom stereocenters. The van der Waals surface area contributed by atoms with E-state index in [1.54, 1.807) is 26.0 Å². The highest BCUT2D eigenvalue weighted by Crippen LogP contribution is 2.40. The number of aryl methyl sites for hydroxylation is 2. The first-order valence-corrected chi connectivity index (χ1v) is 6.67. The minimum atomic E-state index is -0.581. The minimum absolute atomic E-state index is 0.0146. The maximum absolute atomic E-state index is 11.4. The first kappa shape index (κ1) is 14.6. The Kier molecular flexibility index (Phi) is 3.29. The molecule has 116 valence electrons. The Hall–Kier alpha value is -3.29. The zero-order chi connectivity index (χ0) is 16.7. The molecule has 0 bridgehead atoms. The van der Waals surface area contributed by atoms with E-state index in [1.807, 2.05) is 0 Å². The van der Waals surface area contributed by atoms with Gasteiger partial charge in [0.25, 0.3) is 5.69 Å². The van der Waals surface area contributed by atoms with Gasteiger partial charge in [-0.15, -0.1) is 0 Å². The largest absolute Gasteiger partial charge is 0.457 e. The maximum atomic E-state index is 11.4. The van der Waals surface area contributed by atoms with Crippen LogP contribution in [0.4, 0.5) is 11.4 Å². The standard InChI is InChI=1S/C15H11N3O5/c1-8-3-4-11(17(19)20)13-10(7-9(2)16-14(8)13)15-12(18(21)22)5-6-23-15/h3-7H,1-2H3. The van der Waals surface area contributed by atoms with Crippen LogP contribution in [0.1, 0.15) is 11.3 Å². The lowest BCUT2D eigenvalue weighted by Crippen LogP contribution is -1.97. The van der Waals surface area contributed by atoms with Gasteiger partial charge in [-0.25, -0.2) is 0 Å². The fourth-order valence-electron chi connectivity index (χ4n) is 2.56. The number of non-ortho nitro benzene ring substituents is 1. The molecule has 3 rings (SSSR count). The van der Waals surface area contributed by atoms with Gasteiger partial charge in [-0.1, -0.05) is 6.07 Å². The van der Waals surface area contributed by atoms with Crippen molar-refractivity contribution in [2.24, 2.45) is 0 Å². The Morgan fingerprint density at radius 1 is 1.04 bits per heavy atom. The van der Waals surface area contributed by atoms with Gasteiger partial charge in [-0.2, -0.15) is 0 Å². The van der Waals surface area contributed by atoms with Crippen LogP contribution in [-0.4, -0.2) is 14.8 Å². The third-order valence-corrected chi connectivity index (χ3v) is 3.55. The van der Waals surface area contributed by atoms with Crippen LogP contribution < -0.4 is 0 Å². The van der Waals surface area contributed by atoms with Crippen LogP contribution in [0.15, 0.2) is 34.9 Å². The van der Waals surface area contributed by atoms with Crippen LogP contribution in [0.25, 0.3) is 22.2 Å². The lowest BCUT2D eigenvalue weighted by Gasteiger charge is -2.08. The van der Waals surface area contributed by atoms with E-state index in [0.717, 1.165) is 5.56 Å². The van der Waals surface area contributed by atoms with Gasteiger partial charge in [0.05, 0.1) is 33.1 Å². The van der Waals surface area contributed by atoms with Crippen molar-refractivity contribution in [3.63, 3.8) is 0 Å². The second-order valence-electron chi connectivity index (χ2n) is 5.09. The molecule has 0 aliphatic carbocycles. The van der Waals surface area contributed by atoms with E-state index in [0.29, 0.717) is 16.8 Å². The molecule has 1 aromatic carbocycles. The number of rotatable bonds is 3. The number of hydrogen-bond donors (Lipinski definition) is 0. The van der Waals surface area contributed by atoms with Crippen LogP contribution in [0.2, 0.25) is 0 Å². The predicted octanol–water partition coefficient (Wildman–Crippen LogP) is 3.93. The Morgan fingerprint density at radius 3 is 2.39 bits per heavy atom. The maximum Gasteiger partial charge on any atom is 0.315 e. The van der Waals surface area contributed by atoms with Crippen molar-refractivity contribution in [2.75, 3.05) is 0 Å². The van der Waals surface area contributed by atoms with Gasteiger partial charge in [0.15, 0.2) is 0 Å². The molecule has 0 aliphatic heterocycles. The zero-order valence-electron chi connectivity index (χ0n) is 12.3. The van der Waals surface area contributed by atoms with Gasteiger partial charge >= 0.3 is 5.69 Å². The van der Waals surface area contributed by atoms with Gasteiger partial charge in [-0.3, -0.25) is 25.2 Å². The first-order valence-electron chi connectivity index (χ1n) is 6.67. The molecule has 0 aliphatic rings. The minimum Gasteiger partial charge on any atom is -0.457 e. The molecule has 0 saturated heterocycles. The summed E-state index contributed by atoms with van der Waals surface area (Å²) in [6, 6.07) is 5.75. The van der Waals surface area contributed by atoms with Gasteiger partial charge in [0, 0.05) is 17.3 Å². The predicted molar refractivity (Wildman–Crippen MR) is 82.2 cm³/mol. The summed E-state index contributed by atoms with van der Waals surface area (Å²) < 4.78 is 5.26. The molecule has 0 saturated carbocycles. The fraction of sp³-hybridized carbons (Fsp3) is 0.133. The van der Waals surface area contributed by atoms with Crippen LogP contribution in [0, 0.1) is 34.1 Å². The Labute approximate surface area is 129 Å². The molecule has 0 unspecified atom stereocenters. The molecule has 0 spiro atoms. The van der Waals surface area contributed by atoms with E-state index in [2.05, 4.69) is 4.98 Å². The number of nitro benzene ring substituents is 1. The quantitative estimate of drug-likeness (QED) is 0.535. The summed E-state index contributed by atoms with van der Waals surface area (Å²) in [5.41, 5.74) is 1.64. The second kappa shape index (κ2) is 5.16. The van der Waals surface area contributed by atoms with E-state index in [-0.39, 0.29) is 22.5 Å². The third kappa shape index (κ3) is 2.30. The molecular weight excluding hydrogens is 302 g/mol. The average Bonchev–Trinajstić information content (AvgIpc) is 2.96. The Morgan fingerprint density at radius 2 is 1.74 bits per heavy atom. The summed E-state index contributed by atoms with van der Waals surface area (Å²) in [5.74, 6) is -0.0146. The number of aromatic nitrogens is 1. The highest BCUT2D eigenvalue weighted by atomic mass is 16.6. The molecule has 23 heavy (non-hydrogen) atoms. The first-order chi connectivity index (χ1) is 10.9. The smallest absolute Gasteiger partial charge is 0.315 e. The monoisotopic (exact) mass is 313 g/mol. The number of nitrogens with zero attached hydrogens (tertiary/aromatic N) is 3. The van der Waals surface area contributed by atoms with Gasteiger partial charge in [0.2, 0.25) is 5.76 Å². The highest BCUT2D eigenvalue weighted by Gasteiger charge is 2.26. The fourth-order valence-corrected chi connectivity index (χ4v) is 2.56. The van der Waals surface area contributed by atoms with Crippen LogP contribution in [-0.2, 0) is 0 Å². The van der Waals surface area contributed by atoms with E-state index >= 15 is 0 Å². The number of pyridine rings is 1. The van der Waals surface area contributed by atoms with E-state index < -0.39 is 9.85 Å². The summed E-state index contributed by atoms with van der Waals surface area (Å²) in [6.45, 7) is 3.49. The topological polar surface area (TPSA) is 112 Å². The summed E-state index contributed by atoms with van der Waals surface area (Å²) in [5, 5.41) is 22.8. The van der Waals surface area contributed by atoms with Crippen molar-refractivity contribution in [3.05, 3.63) is 62.0 Å². The highest BCUT2D eigenvalue weighted by molar-refractivity contribution is 6.02. The van der Waals surface area contributed by atoms with E-state index in [9.17, 15) is 20.2 Å². The molecule has 0 amide bonds. The molecule has 3 aromatic rings. The summed E-state index contributed by atoms with van der Waals surface area (Å²) in [6.07, 6.45) is 1.19. The number of hydrogen-bond acceptors (Lipinski definition) is 6. The van der Waals surface area contributed by atoms with Crippen molar-refractivity contribution >= 4 is 22.3 Å². The van der Waals surface area contributed by atoms with Crippen molar-refractivity contribution in [1.29, 1.82) is 0 Å². The lowest BCUT2D eigenvalue weighted by molar-refractivity contribution is -0.384. The number of benzene rings is 1. The van der Waals surface area contributed by atoms with Crippen molar-refractivity contribution in [3.8, 4) is 11.3 Å². The van der Waals surface area contributed by atoms with Gasteiger partial charge in [-0.05, 0) is 25.5 Å². The molecule has 0 fully saturated rings. The van der Waals surface area contributed by atoms with Crippen LogP contribution in [0.5, 0.6) is 0 Å². The normalized spacial score (nSPS) is 10.9. The van der Waals surface area contributed by atoms with E-state index in [1.165, 1.54) is 18.4 Å². The van der Waals surface area contributed by atoms with Crippen molar-refractivity contribution in [2.45, 2.75) is 13.8 Å². The SMILES string of the molecule is Cc1cc(-c2occc2[N+](=O)[O-])c2c([N+](=O)[O-])ccc(C)c2n1. The Balaban J connectivity index is 2.49. The van der Waals surface area contributed by atoms with Crippen LogP contribution >= 0.6 is 0 Å². The molecule has 2 heterocycles. The van der Waals surface area contributed by atoms with Crippen molar-refractivity contribution < 1.29 is 14.3 Å². The molecule has 8 nitrogen and oxygen atoms in total. The average molecular weight is 313 g/mol. The zero-order valence-corrected chi connectivity index (χ0v) is 12.3. The number of nitro groups is 2. The number of furan rings is 1. The van der Waals surface area contributed by atoms with Gasteiger partial charge in [0.1, 0.15) is 0 Å². The summed E-state index contributed by atoms with van der Waals surface area (Å²) in [4.78, 5) is 25.8. The summed E-state index contributed by atoms with van der Waals surface area (Å²) >= 11 is 0.